The summed E-state index contributed by atoms with van der Waals surface area (Å²) in [7, 11) is 1.89. The van der Waals surface area contributed by atoms with Crippen LogP contribution in [-0.2, 0) is 7.05 Å². The minimum absolute atomic E-state index is 0.551. The highest BCUT2D eigenvalue weighted by Gasteiger charge is 1.82. The van der Waals surface area contributed by atoms with E-state index in [2.05, 4.69) is 27.0 Å². The maximum absolute atomic E-state index is 4.00. The predicted octanol–water partition coefficient (Wildman–Crippen LogP) is 2.97. The SMILES string of the molecule is C=C(/C=C\C=C/C)N=N/C=N/N=c1\ccccn1C. The fourth-order valence-corrected chi connectivity index (χ4v) is 1.14. The van der Waals surface area contributed by atoms with E-state index < -0.39 is 0 Å². The summed E-state index contributed by atoms with van der Waals surface area (Å²) in [5.41, 5.74) is 1.29. The Kier molecular flexibility index (Phi) is 6.50. The van der Waals surface area contributed by atoms with Crippen LogP contribution in [0.25, 0.3) is 0 Å². The summed E-state index contributed by atoms with van der Waals surface area (Å²) < 4.78 is 1.85. The van der Waals surface area contributed by atoms with Gasteiger partial charge in [0.05, 0.1) is 5.70 Å². The molecule has 0 aliphatic rings. The van der Waals surface area contributed by atoms with Crippen molar-refractivity contribution in [1.29, 1.82) is 0 Å². The number of aromatic nitrogens is 1. The fraction of sp³-hybridized carbons (Fsp3) is 0.143. The highest BCUT2D eigenvalue weighted by atomic mass is 15.3. The summed E-state index contributed by atoms with van der Waals surface area (Å²) in [5, 5.41) is 15.4. The molecule has 0 radical (unpaired) electrons. The summed E-state index contributed by atoms with van der Waals surface area (Å²) in [6.45, 7) is 5.66. The van der Waals surface area contributed by atoms with E-state index in [9.17, 15) is 0 Å². The van der Waals surface area contributed by atoms with E-state index >= 15 is 0 Å². The van der Waals surface area contributed by atoms with E-state index in [-0.39, 0.29) is 0 Å². The molecule has 5 heteroatoms. The molecule has 0 bridgehead atoms. The zero-order chi connectivity index (χ0) is 13.9. The second-order valence-corrected chi connectivity index (χ2v) is 3.59. The predicted molar refractivity (Wildman–Crippen MR) is 77.4 cm³/mol. The minimum Gasteiger partial charge on any atom is -0.335 e. The number of pyridine rings is 1. The van der Waals surface area contributed by atoms with Gasteiger partial charge in [-0.1, -0.05) is 30.9 Å². The van der Waals surface area contributed by atoms with Crippen LogP contribution in [0.15, 0.2) is 81.4 Å². The molecule has 1 heterocycles. The van der Waals surface area contributed by atoms with Crippen LogP contribution < -0.4 is 5.49 Å². The van der Waals surface area contributed by atoms with Gasteiger partial charge in [-0.15, -0.1) is 15.3 Å². The monoisotopic (exact) mass is 255 g/mol. The molecule has 0 fully saturated rings. The van der Waals surface area contributed by atoms with Gasteiger partial charge < -0.3 is 4.57 Å². The van der Waals surface area contributed by atoms with Crippen molar-refractivity contribution >= 4 is 6.34 Å². The van der Waals surface area contributed by atoms with Crippen molar-refractivity contribution in [3.05, 3.63) is 66.5 Å². The molecule has 1 aromatic heterocycles. The van der Waals surface area contributed by atoms with Crippen molar-refractivity contribution in [1.82, 2.24) is 4.57 Å². The van der Waals surface area contributed by atoms with E-state index in [1.807, 2.05) is 61.2 Å². The molecule has 0 aliphatic carbocycles. The summed E-state index contributed by atoms with van der Waals surface area (Å²) >= 11 is 0. The van der Waals surface area contributed by atoms with Gasteiger partial charge in [0.25, 0.3) is 0 Å². The summed E-state index contributed by atoms with van der Waals surface area (Å²) in [4.78, 5) is 0. The number of azo groups is 1. The normalized spacial score (nSPS) is 13.5. The highest BCUT2D eigenvalue weighted by molar-refractivity contribution is 5.54. The standard InChI is InChI=1S/C14H17N5/c1-4-5-6-9-13(2)17-15-12-16-18-14-10-7-8-11-19(14)3/h4-12H,2H2,1,3H3/b5-4-,9-6-,16-12+,17-15?,18-14+. The van der Waals surface area contributed by atoms with Gasteiger partial charge in [0.1, 0.15) is 0 Å². The zero-order valence-electron chi connectivity index (χ0n) is 11.1. The van der Waals surface area contributed by atoms with Crippen LogP contribution in [0, 0.1) is 0 Å². The van der Waals surface area contributed by atoms with Crippen LogP contribution in [-0.4, -0.2) is 10.9 Å². The summed E-state index contributed by atoms with van der Waals surface area (Å²) in [5.74, 6) is 0. The Morgan fingerprint density at radius 2 is 2.16 bits per heavy atom. The number of allylic oxidation sites excluding steroid dienone is 4. The average molecular weight is 255 g/mol. The average Bonchev–Trinajstić information content (AvgIpc) is 2.41. The van der Waals surface area contributed by atoms with Crippen molar-refractivity contribution in [3.63, 3.8) is 0 Å². The Bertz CT molecular complexity index is 588. The van der Waals surface area contributed by atoms with Crippen molar-refractivity contribution in [2.45, 2.75) is 6.92 Å². The van der Waals surface area contributed by atoms with Gasteiger partial charge in [0, 0.05) is 13.2 Å². The lowest BCUT2D eigenvalue weighted by Crippen LogP contribution is -2.14. The molecule has 0 saturated carbocycles. The van der Waals surface area contributed by atoms with E-state index in [1.165, 1.54) is 6.34 Å². The molecule has 0 unspecified atom stereocenters. The van der Waals surface area contributed by atoms with Gasteiger partial charge in [-0.05, 0) is 25.1 Å². The fourth-order valence-electron chi connectivity index (χ4n) is 1.14. The topological polar surface area (TPSA) is 54.4 Å². The molecular weight excluding hydrogens is 238 g/mol. The minimum atomic E-state index is 0.551. The smallest absolute Gasteiger partial charge is 0.160 e. The number of hydrogen-bond acceptors (Lipinski definition) is 3. The van der Waals surface area contributed by atoms with Crippen LogP contribution in [0.5, 0.6) is 0 Å². The first-order valence-electron chi connectivity index (χ1n) is 5.80. The molecule has 5 nitrogen and oxygen atoms in total. The molecule has 1 aromatic rings. The first-order chi connectivity index (χ1) is 9.24. The largest absolute Gasteiger partial charge is 0.335 e. The highest BCUT2D eigenvalue weighted by Crippen LogP contribution is 1.95. The third-order valence-corrected chi connectivity index (χ3v) is 2.07. The lowest BCUT2D eigenvalue weighted by Gasteiger charge is -1.94. The molecule has 19 heavy (non-hydrogen) atoms. The second-order valence-electron chi connectivity index (χ2n) is 3.59. The van der Waals surface area contributed by atoms with Crippen molar-refractivity contribution in [2.24, 2.45) is 27.5 Å². The van der Waals surface area contributed by atoms with Crippen molar-refractivity contribution < 1.29 is 0 Å². The molecule has 0 spiro atoms. The third kappa shape index (κ3) is 6.07. The molecular formula is C14H17N5. The Morgan fingerprint density at radius 3 is 2.89 bits per heavy atom. The van der Waals surface area contributed by atoms with Gasteiger partial charge in [-0.2, -0.15) is 5.11 Å². The molecule has 0 atom stereocenters. The number of nitrogens with zero attached hydrogens (tertiary/aromatic N) is 5. The molecule has 0 amide bonds. The maximum atomic E-state index is 4.00. The Labute approximate surface area is 112 Å². The van der Waals surface area contributed by atoms with Crippen LogP contribution in [0.2, 0.25) is 0 Å². The van der Waals surface area contributed by atoms with E-state index in [4.69, 9.17) is 0 Å². The Balaban J connectivity index is 2.58. The van der Waals surface area contributed by atoms with E-state index in [0.29, 0.717) is 5.70 Å². The van der Waals surface area contributed by atoms with Crippen molar-refractivity contribution in [2.75, 3.05) is 0 Å². The zero-order valence-corrected chi connectivity index (χ0v) is 11.1. The van der Waals surface area contributed by atoms with Gasteiger partial charge in [-0.3, -0.25) is 0 Å². The number of hydrogen-bond donors (Lipinski definition) is 0. The second kappa shape index (κ2) is 8.52. The van der Waals surface area contributed by atoms with Crippen LogP contribution >= 0.6 is 0 Å². The van der Waals surface area contributed by atoms with Crippen LogP contribution in [0.1, 0.15) is 6.92 Å². The van der Waals surface area contributed by atoms with E-state index in [1.54, 1.807) is 6.08 Å². The summed E-state index contributed by atoms with van der Waals surface area (Å²) in [6.07, 6.45) is 10.6. The van der Waals surface area contributed by atoms with Crippen LogP contribution in [0.3, 0.4) is 0 Å². The summed E-state index contributed by atoms with van der Waals surface area (Å²) in [6, 6.07) is 5.67. The number of rotatable bonds is 5. The molecule has 0 saturated heterocycles. The molecule has 0 aliphatic heterocycles. The molecule has 0 N–H and O–H groups in total. The van der Waals surface area contributed by atoms with E-state index in [0.717, 1.165) is 5.49 Å². The van der Waals surface area contributed by atoms with Crippen molar-refractivity contribution in [3.8, 4) is 0 Å². The van der Waals surface area contributed by atoms with Gasteiger partial charge in [0.15, 0.2) is 11.8 Å². The lowest BCUT2D eigenvalue weighted by molar-refractivity contribution is 0.816. The Hall–Kier alpha value is -2.56. The first-order valence-corrected chi connectivity index (χ1v) is 5.80. The van der Waals surface area contributed by atoms with Gasteiger partial charge in [-0.25, -0.2) is 0 Å². The van der Waals surface area contributed by atoms with Crippen LogP contribution in [0.4, 0.5) is 0 Å². The Morgan fingerprint density at radius 1 is 1.32 bits per heavy atom. The number of aryl methyl sites for hydroxylation is 1. The molecule has 0 aromatic carbocycles. The molecule has 98 valence electrons. The quantitative estimate of drug-likeness (QED) is 0.255. The van der Waals surface area contributed by atoms with Gasteiger partial charge in [0.2, 0.25) is 0 Å². The molecule has 1 rings (SSSR count). The maximum Gasteiger partial charge on any atom is 0.160 e. The third-order valence-electron chi connectivity index (χ3n) is 2.07. The first kappa shape index (κ1) is 14.5. The van der Waals surface area contributed by atoms with Gasteiger partial charge >= 0.3 is 0 Å². The lowest BCUT2D eigenvalue weighted by atomic mass is 10.4.